The summed E-state index contributed by atoms with van der Waals surface area (Å²) in [7, 11) is 0. The molecule has 0 spiro atoms. The van der Waals surface area contributed by atoms with E-state index < -0.39 is 0 Å². The molecule has 0 aromatic carbocycles. The predicted octanol–water partition coefficient (Wildman–Crippen LogP) is 1.65. The SMILES string of the molecule is BrC1=NCS[CH]1. The van der Waals surface area contributed by atoms with Gasteiger partial charge in [-0.1, -0.05) is 0 Å². The molecule has 0 saturated carbocycles. The first-order valence-corrected chi connectivity index (χ1v) is 3.38. The lowest BCUT2D eigenvalue weighted by atomic mass is 10.9. The quantitative estimate of drug-likeness (QED) is 0.531. The van der Waals surface area contributed by atoms with Gasteiger partial charge in [0, 0.05) is 0 Å². The van der Waals surface area contributed by atoms with Gasteiger partial charge in [0.1, 0.15) is 0 Å². The summed E-state index contributed by atoms with van der Waals surface area (Å²) in [4.78, 5) is 3.98. The molecule has 1 nitrogen and oxygen atoms in total. The first kappa shape index (κ1) is 4.65. The first-order valence-electron chi connectivity index (χ1n) is 1.54. The number of aliphatic imine (C=N–C) groups is 1. The van der Waals surface area contributed by atoms with Crippen molar-refractivity contribution in [1.82, 2.24) is 0 Å². The topological polar surface area (TPSA) is 12.4 Å². The van der Waals surface area contributed by atoms with Crippen LogP contribution in [0, 0.1) is 5.75 Å². The summed E-state index contributed by atoms with van der Waals surface area (Å²) in [5, 5.41) is 0. The molecule has 1 aliphatic heterocycles. The smallest absolute Gasteiger partial charge is 0.0930 e. The van der Waals surface area contributed by atoms with Gasteiger partial charge in [0.25, 0.3) is 0 Å². The van der Waals surface area contributed by atoms with Crippen LogP contribution in [0.3, 0.4) is 0 Å². The Morgan fingerprint density at radius 1 is 2.00 bits per heavy atom. The van der Waals surface area contributed by atoms with Gasteiger partial charge in [0.05, 0.1) is 16.3 Å². The minimum Gasteiger partial charge on any atom is -0.270 e. The summed E-state index contributed by atoms with van der Waals surface area (Å²) >= 11 is 4.92. The number of hydrogen-bond acceptors (Lipinski definition) is 2. The van der Waals surface area contributed by atoms with Crippen LogP contribution in [-0.4, -0.2) is 10.5 Å². The molecular formula is C3H3BrNS. The number of nitrogens with zero attached hydrogens (tertiary/aromatic N) is 1. The second-order valence-corrected chi connectivity index (χ2v) is 2.53. The molecule has 1 heterocycles. The van der Waals surface area contributed by atoms with Crippen LogP contribution in [0.1, 0.15) is 0 Å². The van der Waals surface area contributed by atoms with Crippen molar-refractivity contribution < 1.29 is 0 Å². The fourth-order valence-corrected chi connectivity index (χ4v) is 1.43. The number of hydrogen-bond donors (Lipinski definition) is 0. The Morgan fingerprint density at radius 2 is 2.83 bits per heavy atom. The van der Waals surface area contributed by atoms with E-state index in [0.29, 0.717) is 0 Å². The van der Waals surface area contributed by atoms with E-state index in [9.17, 15) is 0 Å². The highest BCUT2D eigenvalue weighted by Gasteiger charge is 1.99. The fourth-order valence-electron chi connectivity index (χ4n) is 0.242. The molecule has 0 aromatic heterocycles. The Kier molecular flexibility index (Phi) is 1.54. The average molecular weight is 165 g/mol. The van der Waals surface area contributed by atoms with Crippen molar-refractivity contribution in [2.24, 2.45) is 4.99 Å². The molecule has 1 radical (unpaired) electrons. The van der Waals surface area contributed by atoms with E-state index in [1.54, 1.807) is 11.8 Å². The van der Waals surface area contributed by atoms with Crippen LogP contribution in [0.5, 0.6) is 0 Å². The number of thioether (sulfide) groups is 1. The van der Waals surface area contributed by atoms with Gasteiger partial charge in [-0.05, 0) is 15.9 Å². The highest BCUT2D eigenvalue weighted by atomic mass is 79.9. The molecule has 0 aliphatic carbocycles. The van der Waals surface area contributed by atoms with Gasteiger partial charge in [0.2, 0.25) is 0 Å². The lowest BCUT2D eigenvalue weighted by Gasteiger charge is -1.72. The molecular weight excluding hydrogens is 162 g/mol. The van der Waals surface area contributed by atoms with Crippen LogP contribution in [0.4, 0.5) is 0 Å². The predicted molar refractivity (Wildman–Crippen MR) is 33.1 cm³/mol. The lowest BCUT2D eigenvalue weighted by molar-refractivity contribution is 1.42. The Morgan fingerprint density at radius 3 is 3.00 bits per heavy atom. The summed E-state index contributed by atoms with van der Waals surface area (Å²) < 4.78 is 0.979. The minimum absolute atomic E-state index is 0.889. The number of halogens is 1. The van der Waals surface area contributed by atoms with Gasteiger partial charge in [-0.15, -0.1) is 11.8 Å². The Hall–Kier alpha value is 0.500. The van der Waals surface area contributed by atoms with Crippen molar-refractivity contribution in [1.29, 1.82) is 0 Å². The molecule has 0 aromatic rings. The summed E-state index contributed by atoms with van der Waals surface area (Å²) in [6.45, 7) is 0. The van der Waals surface area contributed by atoms with Gasteiger partial charge < -0.3 is 0 Å². The summed E-state index contributed by atoms with van der Waals surface area (Å²) in [6.07, 6.45) is 0. The van der Waals surface area contributed by atoms with Crippen LogP contribution in [-0.2, 0) is 0 Å². The maximum atomic E-state index is 3.98. The van der Waals surface area contributed by atoms with Gasteiger partial charge in [-0.2, -0.15) is 0 Å². The molecule has 0 atom stereocenters. The highest BCUT2D eigenvalue weighted by molar-refractivity contribution is 9.18. The largest absolute Gasteiger partial charge is 0.270 e. The Bertz CT molecular complexity index is 80.9. The van der Waals surface area contributed by atoms with E-state index in [2.05, 4.69) is 20.9 Å². The standard InChI is InChI=1S/C3H3BrNS/c4-3-1-6-2-5-3/h1H,2H2. The monoisotopic (exact) mass is 164 g/mol. The molecule has 0 fully saturated rings. The van der Waals surface area contributed by atoms with E-state index in [1.165, 1.54) is 0 Å². The van der Waals surface area contributed by atoms with Gasteiger partial charge in [-0.3, -0.25) is 4.99 Å². The molecule has 0 saturated heterocycles. The molecule has 0 unspecified atom stereocenters. The molecule has 0 N–H and O–H groups in total. The maximum absolute atomic E-state index is 3.98. The van der Waals surface area contributed by atoms with Gasteiger partial charge in [-0.25, -0.2) is 0 Å². The molecule has 0 bridgehead atoms. The molecule has 1 rings (SSSR count). The van der Waals surface area contributed by atoms with Crippen molar-refractivity contribution in [2.45, 2.75) is 0 Å². The summed E-state index contributed by atoms with van der Waals surface area (Å²) in [5.41, 5.74) is 0. The zero-order valence-corrected chi connectivity index (χ0v) is 5.42. The van der Waals surface area contributed by atoms with Gasteiger partial charge in [0.15, 0.2) is 0 Å². The maximum Gasteiger partial charge on any atom is 0.0930 e. The Balaban J connectivity index is 2.45. The summed E-state index contributed by atoms with van der Waals surface area (Å²) in [6, 6.07) is 0. The third-order valence-corrected chi connectivity index (χ3v) is 1.92. The molecule has 1 aliphatic rings. The molecule has 0 amide bonds. The van der Waals surface area contributed by atoms with Crippen molar-refractivity contribution in [3.63, 3.8) is 0 Å². The minimum atomic E-state index is 0.889. The first-order chi connectivity index (χ1) is 2.89. The fraction of sp³-hybridized carbons (Fsp3) is 0.333. The van der Waals surface area contributed by atoms with Gasteiger partial charge >= 0.3 is 0 Å². The van der Waals surface area contributed by atoms with Crippen LogP contribution >= 0.6 is 27.7 Å². The van der Waals surface area contributed by atoms with Crippen LogP contribution in [0.2, 0.25) is 0 Å². The normalized spacial score (nSPS) is 21.2. The van der Waals surface area contributed by atoms with Crippen molar-refractivity contribution in [3.8, 4) is 0 Å². The van der Waals surface area contributed by atoms with Crippen LogP contribution < -0.4 is 0 Å². The second kappa shape index (κ2) is 1.98. The molecule has 33 valence electrons. The molecule has 6 heavy (non-hydrogen) atoms. The van der Waals surface area contributed by atoms with Crippen LogP contribution in [0.25, 0.3) is 0 Å². The zero-order valence-electron chi connectivity index (χ0n) is 3.02. The average Bonchev–Trinajstić information content (AvgIpc) is 1.86. The van der Waals surface area contributed by atoms with E-state index in [0.717, 1.165) is 10.5 Å². The summed E-state index contributed by atoms with van der Waals surface area (Å²) in [5.74, 6) is 2.88. The molecule has 3 heteroatoms. The Labute approximate surface area is 49.3 Å². The third-order valence-electron chi connectivity index (χ3n) is 0.471. The van der Waals surface area contributed by atoms with Crippen LogP contribution in [0.15, 0.2) is 4.99 Å². The third kappa shape index (κ3) is 0.980. The van der Waals surface area contributed by atoms with Crippen molar-refractivity contribution in [2.75, 3.05) is 5.88 Å². The van der Waals surface area contributed by atoms with E-state index >= 15 is 0 Å². The zero-order chi connectivity index (χ0) is 4.41. The van der Waals surface area contributed by atoms with Crippen molar-refractivity contribution in [3.05, 3.63) is 5.75 Å². The number of rotatable bonds is 0. The van der Waals surface area contributed by atoms with Crippen molar-refractivity contribution >= 4 is 32.3 Å². The lowest BCUT2D eigenvalue weighted by Crippen LogP contribution is -1.69. The second-order valence-electron chi connectivity index (χ2n) is 0.894. The highest BCUT2D eigenvalue weighted by Crippen LogP contribution is 2.17. The van der Waals surface area contributed by atoms with E-state index in [1.807, 2.05) is 5.75 Å². The van der Waals surface area contributed by atoms with E-state index in [-0.39, 0.29) is 0 Å². The van der Waals surface area contributed by atoms with E-state index in [4.69, 9.17) is 0 Å².